The second kappa shape index (κ2) is 12.2. The van der Waals surface area contributed by atoms with E-state index in [2.05, 4.69) is 5.32 Å². The van der Waals surface area contributed by atoms with Crippen molar-refractivity contribution in [3.63, 3.8) is 0 Å². The second-order valence-corrected chi connectivity index (χ2v) is 9.35. The minimum absolute atomic E-state index is 0.0389. The Bertz CT molecular complexity index is 1140. The molecule has 0 unspecified atom stereocenters. The van der Waals surface area contributed by atoms with Crippen LogP contribution in [0.15, 0.2) is 72.8 Å². The van der Waals surface area contributed by atoms with Gasteiger partial charge >= 0.3 is 0 Å². The first kappa shape index (κ1) is 26.0. The zero-order valence-electron chi connectivity index (χ0n) is 21.4. The number of hydrogen-bond acceptors (Lipinski definition) is 3. The van der Waals surface area contributed by atoms with E-state index in [4.69, 9.17) is 4.74 Å². The van der Waals surface area contributed by atoms with Gasteiger partial charge in [0, 0.05) is 19.0 Å². The molecule has 0 aromatic heterocycles. The summed E-state index contributed by atoms with van der Waals surface area (Å²) >= 11 is 0. The Morgan fingerprint density at radius 2 is 1.54 bits per heavy atom. The van der Waals surface area contributed by atoms with Crippen molar-refractivity contribution in [3.8, 4) is 5.75 Å². The summed E-state index contributed by atoms with van der Waals surface area (Å²) in [5.41, 5.74) is 5.34. The highest BCUT2D eigenvalue weighted by molar-refractivity contribution is 5.88. The van der Waals surface area contributed by atoms with Crippen molar-refractivity contribution in [3.05, 3.63) is 101 Å². The fraction of sp³-hybridized carbons (Fsp3) is 0.333. The summed E-state index contributed by atoms with van der Waals surface area (Å²) in [6.07, 6.45) is 0.417. The lowest BCUT2D eigenvalue weighted by Crippen LogP contribution is -2.52. The molecule has 0 radical (unpaired) electrons. The molecule has 0 saturated carbocycles. The Morgan fingerprint density at radius 3 is 2.20 bits per heavy atom. The molecule has 0 spiro atoms. The van der Waals surface area contributed by atoms with Crippen molar-refractivity contribution in [1.82, 2.24) is 10.2 Å². The Hall–Kier alpha value is -3.60. The zero-order valence-corrected chi connectivity index (χ0v) is 21.4. The Labute approximate surface area is 209 Å². The Morgan fingerprint density at radius 1 is 0.857 bits per heavy atom. The number of amides is 2. The molecule has 184 valence electrons. The van der Waals surface area contributed by atoms with Crippen molar-refractivity contribution in [1.29, 1.82) is 0 Å². The van der Waals surface area contributed by atoms with Crippen LogP contribution in [-0.4, -0.2) is 35.4 Å². The molecule has 3 aromatic rings. The summed E-state index contributed by atoms with van der Waals surface area (Å²) in [5.74, 6) is 0.242. The van der Waals surface area contributed by atoms with Gasteiger partial charge in [0.1, 0.15) is 11.8 Å². The van der Waals surface area contributed by atoms with E-state index in [-0.39, 0.29) is 24.5 Å². The van der Waals surface area contributed by atoms with Gasteiger partial charge in [0.25, 0.3) is 5.91 Å². The first-order chi connectivity index (χ1) is 16.7. The molecule has 2 amide bonds. The van der Waals surface area contributed by atoms with Crippen LogP contribution < -0.4 is 10.1 Å². The highest BCUT2D eigenvalue weighted by atomic mass is 16.5. The van der Waals surface area contributed by atoms with Crippen LogP contribution in [0.2, 0.25) is 0 Å². The fourth-order valence-electron chi connectivity index (χ4n) is 3.94. The van der Waals surface area contributed by atoms with Crippen LogP contribution in [0, 0.1) is 20.8 Å². The van der Waals surface area contributed by atoms with Crippen LogP contribution in [0.4, 0.5) is 0 Å². The van der Waals surface area contributed by atoms with Crippen molar-refractivity contribution in [2.24, 2.45) is 0 Å². The SMILES string of the molecule is Cc1ccc(OCC(=O)N(Cc2ccccc2C)[C@H](Cc2ccccc2)C(=O)NC(C)C)cc1C. The van der Waals surface area contributed by atoms with Crippen LogP contribution in [0.25, 0.3) is 0 Å². The average molecular weight is 473 g/mol. The lowest BCUT2D eigenvalue weighted by atomic mass is 10.0. The van der Waals surface area contributed by atoms with Crippen LogP contribution in [0.5, 0.6) is 5.75 Å². The van der Waals surface area contributed by atoms with E-state index in [1.165, 1.54) is 0 Å². The molecule has 0 heterocycles. The number of benzene rings is 3. The third-order valence-electron chi connectivity index (χ3n) is 6.14. The van der Waals surface area contributed by atoms with Crippen LogP contribution in [-0.2, 0) is 22.6 Å². The molecule has 35 heavy (non-hydrogen) atoms. The lowest BCUT2D eigenvalue weighted by Gasteiger charge is -2.32. The monoisotopic (exact) mass is 472 g/mol. The maximum absolute atomic E-state index is 13.6. The quantitative estimate of drug-likeness (QED) is 0.444. The standard InChI is InChI=1S/C30H36N2O3/c1-21(2)31-30(34)28(18-25-12-7-6-8-13-25)32(19-26-14-10-9-11-23(26)4)29(33)20-35-27-16-15-22(3)24(5)17-27/h6-17,21,28H,18-20H2,1-5H3,(H,31,34)/t28-/m1/s1. The van der Waals surface area contributed by atoms with E-state index in [0.717, 1.165) is 27.8 Å². The highest BCUT2D eigenvalue weighted by Crippen LogP contribution is 2.19. The van der Waals surface area contributed by atoms with Gasteiger partial charge in [-0.05, 0) is 74.6 Å². The van der Waals surface area contributed by atoms with E-state index in [9.17, 15) is 9.59 Å². The summed E-state index contributed by atoms with van der Waals surface area (Å²) in [6, 6.07) is 22.8. The van der Waals surface area contributed by atoms with Gasteiger partial charge in [-0.1, -0.05) is 60.7 Å². The summed E-state index contributed by atoms with van der Waals surface area (Å²) in [4.78, 5) is 28.7. The zero-order chi connectivity index (χ0) is 25.4. The predicted octanol–water partition coefficient (Wildman–Crippen LogP) is 5.16. The molecule has 5 heteroatoms. The van der Waals surface area contributed by atoms with Crippen molar-refractivity contribution < 1.29 is 14.3 Å². The fourth-order valence-corrected chi connectivity index (χ4v) is 3.94. The molecule has 3 rings (SSSR count). The molecule has 1 N–H and O–H groups in total. The van der Waals surface area contributed by atoms with Crippen LogP contribution in [0.1, 0.15) is 41.7 Å². The van der Waals surface area contributed by atoms with E-state index >= 15 is 0 Å². The predicted molar refractivity (Wildman–Crippen MR) is 140 cm³/mol. The molecule has 0 saturated heterocycles. The molecule has 0 aliphatic rings. The van der Waals surface area contributed by atoms with Gasteiger partial charge in [-0.25, -0.2) is 0 Å². The van der Waals surface area contributed by atoms with Gasteiger partial charge in [-0.3, -0.25) is 9.59 Å². The number of nitrogens with zero attached hydrogens (tertiary/aromatic N) is 1. The van der Waals surface area contributed by atoms with Gasteiger partial charge < -0.3 is 15.0 Å². The summed E-state index contributed by atoms with van der Waals surface area (Å²) in [7, 11) is 0. The third-order valence-corrected chi connectivity index (χ3v) is 6.14. The minimum atomic E-state index is -0.671. The summed E-state index contributed by atoms with van der Waals surface area (Å²) in [5, 5.41) is 3.01. The van der Waals surface area contributed by atoms with Crippen LogP contribution >= 0.6 is 0 Å². The first-order valence-corrected chi connectivity index (χ1v) is 12.1. The van der Waals surface area contributed by atoms with E-state index < -0.39 is 6.04 Å². The van der Waals surface area contributed by atoms with Gasteiger partial charge in [0.2, 0.25) is 5.91 Å². The normalized spacial score (nSPS) is 11.7. The van der Waals surface area contributed by atoms with Crippen molar-refractivity contribution in [2.75, 3.05) is 6.61 Å². The maximum atomic E-state index is 13.6. The van der Waals surface area contributed by atoms with Gasteiger partial charge in [-0.2, -0.15) is 0 Å². The topological polar surface area (TPSA) is 58.6 Å². The third kappa shape index (κ3) is 7.44. The van der Waals surface area contributed by atoms with Gasteiger partial charge in [0.15, 0.2) is 6.61 Å². The molecule has 1 atom stereocenters. The summed E-state index contributed by atoms with van der Waals surface area (Å²) in [6.45, 7) is 10.1. The number of nitrogens with one attached hydrogen (secondary N) is 1. The first-order valence-electron chi connectivity index (χ1n) is 12.1. The molecule has 0 aliphatic heterocycles. The molecule has 0 bridgehead atoms. The molecule has 3 aromatic carbocycles. The largest absolute Gasteiger partial charge is 0.484 e. The number of ether oxygens (including phenoxy) is 1. The molecule has 0 aliphatic carbocycles. The van der Waals surface area contributed by atoms with Crippen LogP contribution in [0.3, 0.4) is 0 Å². The Kier molecular flexibility index (Phi) is 9.07. The average Bonchev–Trinajstić information content (AvgIpc) is 2.83. The number of carbonyl (C=O) groups excluding carboxylic acids is 2. The highest BCUT2D eigenvalue weighted by Gasteiger charge is 2.31. The number of hydrogen-bond donors (Lipinski definition) is 1. The Balaban J connectivity index is 1.92. The maximum Gasteiger partial charge on any atom is 0.261 e. The van der Waals surface area contributed by atoms with E-state index in [0.29, 0.717) is 18.7 Å². The smallest absolute Gasteiger partial charge is 0.261 e. The lowest BCUT2D eigenvalue weighted by molar-refractivity contribution is -0.143. The van der Waals surface area contributed by atoms with Crippen molar-refractivity contribution >= 4 is 11.8 Å². The number of aryl methyl sites for hydroxylation is 3. The minimum Gasteiger partial charge on any atom is -0.484 e. The molecular formula is C30H36N2O3. The number of carbonyl (C=O) groups is 2. The number of rotatable bonds is 10. The summed E-state index contributed by atoms with van der Waals surface area (Å²) < 4.78 is 5.89. The van der Waals surface area contributed by atoms with E-state index in [1.54, 1.807) is 4.90 Å². The van der Waals surface area contributed by atoms with Gasteiger partial charge in [0.05, 0.1) is 0 Å². The second-order valence-electron chi connectivity index (χ2n) is 9.35. The van der Waals surface area contributed by atoms with E-state index in [1.807, 2.05) is 107 Å². The molecule has 5 nitrogen and oxygen atoms in total. The van der Waals surface area contributed by atoms with Crippen molar-refractivity contribution in [2.45, 2.75) is 59.7 Å². The molecular weight excluding hydrogens is 436 g/mol. The van der Waals surface area contributed by atoms with Gasteiger partial charge in [-0.15, -0.1) is 0 Å². The molecule has 0 fully saturated rings.